The standard InChI is InChI=1S/C19H35N3O2/c1-2-18(23)5-3-4-6-19(24)22-13-8-17(9-14-22)7-12-21-15-10-20-11-16-21/h17,20H,2-16H2,1H3. The number of likely N-dealkylation sites (tertiary alicyclic amines) is 1. The molecule has 0 saturated carbocycles. The number of hydrogen-bond donors (Lipinski definition) is 1. The lowest BCUT2D eigenvalue weighted by Crippen LogP contribution is -2.44. The van der Waals surface area contributed by atoms with Crippen molar-refractivity contribution in [3.8, 4) is 0 Å². The van der Waals surface area contributed by atoms with Crippen LogP contribution in [-0.4, -0.2) is 67.3 Å². The average molecular weight is 338 g/mol. The molecule has 0 aliphatic carbocycles. The normalized spacial score (nSPS) is 20.3. The van der Waals surface area contributed by atoms with Gasteiger partial charge in [-0.3, -0.25) is 9.59 Å². The van der Waals surface area contributed by atoms with Crippen LogP contribution in [-0.2, 0) is 9.59 Å². The van der Waals surface area contributed by atoms with Gasteiger partial charge in [-0.15, -0.1) is 0 Å². The van der Waals surface area contributed by atoms with Gasteiger partial charge in [0.15, 0.2) is 0 Å². The van der Waals surface area contributed by atoms with Crippen molar-refractivity contribution >= 4 is 11.7 Å². The minimum absolute atomic E-state index is 0.291. The maximum atomic E-state index is 12.3. The van der Waals surface area contributed by atoms with Crippen molar-refractivity contribution in [2.75, 3.05) is 45.8 Å². The summed E-state index contributed by atoms with van der Waals surface area (Å²) in [4.78, 5) is 28.1. The van der Waals surface area contributed by atoms with Crippen molar-refractivity contribution in [1.82, 2.24) is 15.1 Å². The first-order chi connectivity index (χ1) is 11.7. The summed E-state index contributed by atoms with van der Waals surface area (Å²) in [5.74, 6) is 1.39. The zero-order valence-corrected chi connectivity index (χ0v) is 15.4. The fraction of sp³-hybridized carbons (Fsp3) is 0.895. The van der Waals surface area contributed by atoms with E-state index in [0.717, 1.165) is 57.8 Å². The van der Waals surface area contributed by atoms with Crippen LogP contribution in [0.2, 0.25) is 0 Å². The van der Waals surface area contributed by atoms with Crippen LogP contribution in [0.1, 0.15) is 58.3 Å². The molecule has 0 aromatic heterocycles. The molecule has 24 heavy (non-hydrogen) atoms. The van der Waals surface area contributed by atoms with E-state index in [-0.39, 0.29) is 0 Å². The summed E-state index contributed by atoms with van der Waals surface area (Å²) in [5.41, 5.74) is 0. The predicted molar refractivity (Wildman–Crippen MR) is 97.0 cm³/mol. The highest BCUT2D eigenvalue weighted by Gasteiger charge is 2.23. The van der Waals surface area contributed by atoms with Crippen molar-refractivity contribution in [2.45, 2.75) is 58.3 Å². The van der Waals surface area contributed by atoms with Gasteiger partial charge in [0.2, 0.25) is 5.91 Å². The molecule has 0 aromatic carbocycles. The van der Waals surface area contributed by atoms with Gasteiger partial charge in [0, 0.05) is 58.5 Å². The summed E-state index contributed by atoms with van der Waals surface area (Å²) < 4.78 is 0. The van der Waals surface area contributed by atoms with E-state index in [9.17, 15) is 9.59 Å². The van der Waals surface area contributed by atoms with Crippen LogP contribution >= 0.6 is 0 Å². The molecule has 2 aliphatic heterocycles. The van der Waals surface area contributed by atoms with Gasteiger partial charge >= 0.3 is 0 Å². The van der Waals surface area contributed by atoms with Crippen LogP contribution in [0.25, 0.3) is 0 Å². The molecule has 2 fully saturated rings. The summed E-state index contributed by atoms with van der Waals surface area (Å²) in [6.45, 7) is 9.58. The van der Waals surface area contributed by atoms with Crippen LogP contribution in [0, 0.1) is 5.92 Å². The van der Waals surface area contributed by atoms with E-state index in [1.165, 1.54) is 26.1 Å². The molecule has 0 bridgehead atoms. The van der Waals surface area contributed by atoms with E-state index in [1.807, 2.05) is 11.8 Å². The number of unbranched alkanes of at least 4 members (excludes halogenated alkanes) is 1. The summed E-state index contributed by atoms with van der Waals surface area (Å²) in [7, 11) is 0. The molecule has 1 amide bonds. The third-order valence-electron chi connectivity index (χ3n) is 5.52. The minimum atomic E-state index is 0.291. The molecule has 2 saturated heterocycles. The Hall–Kier alpha value is -0.940. The maximum Gasteiger partial charge on any atom is 0.222 e. The van der Waals surface area contributed by atoms with Gasteiger partial charge in [-0.2, -0.15) is 0 Å². The lowest BCUT2D eigenvalue weighted by molar-refractivity contribution is -0.133. The second-order valence-corrected chi connectivity index (χ2v) is 7.30. The van der Waals surface area contributed by atoms with Gasteiger partial charge < -0.3 is 15.1 Å². The molecule has 0 unspecified atom stereocenters. The minimum Gasteiger partial charge on any atom is -0.343 e. The fourth-order valence-corrected chi connectivity index (χ4v) is 3.70. The Morgan fingerprint density at radius 1 is 1.00 bits per heavy atom. The Bertz CT molecular complexity index is 386. The molecule has 5 nitrogen and oxygen atoms in total. The van der Waals surface area contributed by atoms with Crippen LogP contribution in [0.15, 0.2) is 0 Å². The Kier molecular flexibility index (Phi) is 8.75. The Labute approximate surface area is 147 Å². The maximum absolute atomic E-state index is 12.3. The topological polar surface area (TPSA) is 52.7 Å². The van der Waals surface area contributed by atoms with Crippen LogP contribution < -0.4 is 5.32 Å². The number of ketones is 1. The molecule has 0 spiro atoms. The smallest absolute Gasteiger partial charge is 0.222 e. The molecular formula is C19H35N3O2. The number of hydrogen-bond acceptors (Lipinski definition) is 4. The van der Waals surface area contributed by atoms with Crippen molar-refractivity contribution in [1.29, 1.82) is 0 Å². The van der Waals surface area contributed by atoms with Gasteiger partial charge in [0.1, 0.15) is 5.78 Å². The predicted octanol–water partition coefficient (Wildman–Crippen LogP) is 2.06. The molecule has 2 heterocycles. The van der Waals surface area contributed by atoms with Gasteiger partial charge in [-0.05, 0) is 44.6 Å². The van der Waals surface area contributed by atoms with E-state index in [4.69, 9.17) is 0 Å². The van der Waals surface area contributed by atoms with Crippen molar-refractivity contribution < 1.29 is 9.59 Å². The van der Waals surface area contributed by atoms with E-state index >= 15 is 0 Å². The highest BCUT2D eigenvalue weighted by atomic mass is 16.2. The zero-order chi connectivity index (χ0) is 17.2. The van der Waals surface area contributed by atoms with Gasteiger partial charge in [-0.1, -0.05) is 6.92 Å². The monoisotopic (exact) mass is 337 g/mol. The Morgan fingerprint density at radius 3 is 2.33 bits per heavy atom. The number of piperidine rings is 1. The van der Waals surface area contributed by atoms with Gasteiger partial charge in [-0.25, -0.2) is 0 Å². The van der Waals surface area contributed by atoms with Crippen molar-refractivity contribution in [2.24, 2.45) is 5.92 Å². The second kappa shape index (κ2) is 10.8. The number of nitrogens with one attached hydrogen (secondary N) is 1. The number of piperazine rings is 1. The first kappa shape index (κ1) is 19.4. The van der Waals surface area contributed by atoms with Crippen molar-refractivity contribution in [3.63, 3.8) is 0 Å². The van der Waals surface area contributed by atoms with Crippen LogP contribution in [0.3, 0.4) is 0 Å². The van der Waals surface area contributed by atoms with Crippen molar-refractivity contribution in [3.05, 3.63) is 0 Å². The van der Waals surface area contributed by atoms with Crippen LogP contribution in [0.4, 0.5) is 0 Å². The van der Waals surface area contributed by atoms with Crippen LogP contribution in [0.5, 0.6) is 0 Å². The SMILES string of the molecule is CCC(=O)CCCCC(=O)N1CCC(CCN2CCNCC2)CC1. The van der Waals surface area contributed by atoms with E-state index in [2.05, 4.69) is 10.2 Å². The third kappa shape index (κ3) is 6.89. The van der Waals surface area contributed by atoms with Gasteiger partial charge in [0.25, 0.3) is 0 Å². The fourth-order valence-electron chi connectivity index (χ4n) is 3.70. The van der Waals surface area contributed by atoms with E-state index in [1.54, 1.807) is 0 Å². The number of rotatable bonds is 9. The lowest BCUT2D eigenvalue weighted by atomic mass is 9.93. The lowest BCUT2D eigenvalue weighted by Gasteiger charge is -2.34. The summed E-state index contributed by atoms with van der Waals surface area (Å²) in [5, 5.41) is 3.40. The molecule has 2 rings (SSSR count). The first-order valence-corrected chi connectivity index (χ1v) is 9.91. The summed E-state index contributed by atoms with van der Waals surface area (Å²) >= 11 is 0. The van der Waals surface area contributed by atoms with E-state index < -0.39 is 0 Å². The third-order valence-corrected chi connectivity index (χ3v) is 5.52. The quantitative estimate of drug-likeness (QED) is 0.654. The van der Waals surface area contributed by atoms with E-state index in [0.29, 0.717) is 31.0 Å². The Morgan fingerprint density at radius 2 is 1.67 bits per heavy atom. The Balaban J connectivity index is 1.54. The number of nitrogens with zero attached hydrogens (tertiary/aromatic N) is 2. The molecule has 2 aliphatic rings. The number of carbonyl (C=O) groups is 2. The molecule has 0 aromatic rings. The largest absolute Gasteiger partial charge is 0.343 e. The molecule has 0 atom stereocenters. The highest BCUT2D eigenvalue weighted by Crippen LogP contribution is 2.22. The zero-order valence-electron chi connectivity index (χ0n) is 15.4. The number of Topliss-reactive ketones (excluding diaryl/α,β-unsaturated/α-hetero) is 1. The molecule has 1 N–H and O–H groups in total. The van der Waals surface area contributed by atoms with Gasteiger partial charge in [0.05, 0.1) is 0 Å². The summed E-state index contributed by atoms with van der Waals surface area (Å²) in [6.07, 6.45) is 7.18. The highest BCUT2D eigenvalue weighted by molar-refractivity contribution is 5.78. The second-order valence-electron chi connectivity index (χ2n) is 7.30. The summed E-state index contributed by atoms with van der Waals surface area (Å²) in [6, 6.07) is 0. The number of carbonyl (C=O) groups excluding carboxylic acids is 2. The molecular weight excluding hydrogens is 302 g/mol. The average Bonchev–Trinajstić information content (AvgIpc) is 2.64. The first-order valence-electron chi connectivity index (χ1n) is 9.91. The molecule has 5 heteroatoms. The molecule has 0 radical (unpaired) electrons. The number of amides is 1. The molecule has 138 valence electrons.